The summed E-state index contributed by atoms with van der Waals surface area (Å²) in [5.41, 5.74) is 0.478. The Morgan fingerprint density at radius 2 is 1.80 bits per heavy atom. The number of rotatable bonds is 9. The van der Waals surface area contributed by atoms with E-state index in [4.69, 9.17) is 14.1 Å². The molecule has 2 aromatic rings. The highest BCUT2D eigenvalue weighted by atomic mass is 28.4. The van der Waals surface area contributed by atoms with Crippen molar-refractivity contribution in [2.45, 2.75) is 51.3 Å². The van der Waals surface area contributed by atoms with E-state index in [9.17, 15) is 13.2 Å². The summed E-state index contributed by atoms with van der Waals surface area (Å²) < 4.78 is 52.3. The van der Waals surface area contributed by atoms with E-state index in [1.807, 2.05) is 0 Å². The van der Waals surface area contributed by atoms with Crippen LogP contribution < -0.4 is 10.1 Å². The summed E-state index contributed by atoms with van der Waals surface area (Å²) in [5.74, 6) is 0.166. The lowest BCUT2D eigenvalue weighted by atomic mass is 10.2. The molecule has 0 saturated carbocycles. The van der Waals surface area contributed by atoms with E-state index in [1.54, 1.807) is 0 Å². The Labute approximate surface area is 174 Å². The molecule has 0 radical (unpaired) electrons. The fourth-order valence-corrected chi connectivity index (χ4v) is 3.28. The Bertz CT molecular complexity index is 805. The summed E-state index contributed by atoms with van der Waals surface area (Å²) in [6.45, 7) is 11.2. The van der Waals surface area contributed by atoms with Crippen molar-refractivity contribution >= 4 is 8.32 Å². The molecule has 168 valence electrons. The molecule has 30 heavy (non-hydrogen) atoms. The van der Waals surface area contributed by atoms with Crippen LogP contribution in [0.25, 0.3) is 11.4 Å². The number of ether oxygens (including phenoxy) is 1. The summed E-state index contributed by atoms with van der Waals surface area (Å²) >= 11 is 0. The van der Waals surface area contributed by atoms with Crippen LogP contribution in [-0.2, 0) is 4.43 Å². The highest BCUT2D eigenvalue weighted by molar-refractivity contribution is 6.74. The normalized spacial score (nSPS) is 14.0. The Balaban J connectivity index is 2.14. The third kappa shape index (κ3) is 6.79. The van der Waals surface area contributed by atoms with Crippen LogP contribution in [0.4, 0.5) is 13.2 Å². The molecule has 0 aliphatic carbocycles. The molecule has 0 saturated heterocycles. The molecule has 11 heteroatoms. The van der Waals surface area contributed by atoms with Crippen LogP contribution in [0.1, 0.15) is 32.7 Å². The second kappa shape index (κ2) is 9.46. The number of halogens is 3. The Hall–Kier alpha value is -1.95. The van der Waals surface area contributed by atoms with Crippen LogP contribution in [0, 0.1) is 0 Å². The average Bonchev–Trinajstić information content (AvgIpc) is 3.10. The molecule has 0 spiro atoms. The summed E-state index contributed by atoms with van der Waals surface area (Å²) in [7, 11) is -2.02. The van der Waals surface area contributed by atoms with E-state index in [0.29, 0.717) is 12.1 Å². The number of nitrogens with zero attached hydrogens (tertiary/aromatic N) is 2. The van der Waals surface area contributed by atoms with Gasteiger partial charge in [-0.15, -0.1) is 13.2 Å². The molecule has 1 aromatic heterocycles. The lowest BCUT2D eigenvalue weighted by Gasteiger charge is -2.37. The highest BCUT2D eigenvalue weighted by Crippen LogP contribution is 2.37. The predicted molar refractivity (Wildman–Crippen MR) is 107 cm³/mol. The molecule has 0 aliphatic rings. The van der Waals surface area contributed by atoms with Gasteiger partial charge in [0.25, 0.3) is 0 Å². The fourth-order valence-electron chi connectivity index (χ4n) is 2.26. The SMILES string of the molecule is CC(C)(C)[Si](C)(C)OCC(NCCO)c1nc(-c2ccc(OC(F)(F)F)cc2)no1. The van der Waals surface area contributed by atoms with Crippen molar-refractivity contribution in [2.75, 3.05) is 19.8 Å². The third-order valence-corrected chi connectivity index (χ3v) is 9.51. The number of hydrogen-bond acceptors (Lipinski definition) is 7. The molecule has 1 aromatic carbocycles. The van der Waals surface area contributed by atoms with Gasteiger partial charge in [0.1, 0.15) is 11.8 Å². The van der Waals surface area contributed by atoms with Crippen molar-refractivity contribution in [1.82, 2.24) is 15.5 Å². The van der Waals surface area contributed by atoms with Crippen molar-refractivity contribution in [3.8, 4) is 17.1 Å². The smallest absolute Gasteiger partial charge is 0.415 e. The second-order valence-electron chi connectivity index (χ2n) is 8.33. The number of aliphatic hydroxyl groups is 1. The van der Waals surface area contributed by atoms with Gasteiger partial charge in [0.2, 0.25) is 11.7 Å². The van der Waals surface area contributed by atoms with E-state index in [2.05, 4.69) is 54.1 Å². The molecule has 1 heterocycles. The largest absolute Gasteiger partial charge is 0.573 e. The topological polar surface area (TPSA) is 89.6 Å². The quantitative estimate of drug-likeness (QED) is 0.555. The van der Waals surface area contributed by atoms with Crippen LogP contribution in [0.3, 0.4) is 0 Å². The lowest BCUT2D eigenvalue weighted by molar-refractivity contribution is -0.274. The van der Waals surface area contributed by atoms with Gasteiger partial charge in [-0.1, -0.05) is 25.9 Å². The molecule has 0 amide bonds. The standard InChI is InChI=1S/C19H28F3N3O4Si/c1-18(2,3)30(4,5)27-12-15(23-10-11-26)17-24-16(25-29-17)13-6-8-14(9-7-13)28-19(20,21)22/h6-9,15,23,26H,10-12H2,1-5H3. The van der Waals surface area contributed by atoms with Crippen molar-refractivity contribution in [1.29, 1.82) is 0 Å². The van der Waals surface area contributed by atoms with Crippen LogP contribution >= 0.6 is 0 Å². The number of nitrogens with one attached hydrogen (secondary N) is 1. The van der Waals surface area contributed by atoms with E-state index < -0.39 is 20.7 Å². The van der Waals surface area contributed by atoms with Gasteiger partial charge < -0.3 is 24.1 Å². The molecule has 0 aliphatic heterocycles. The summed E-state index contributed by atoms with van der Waals surface area (Å²) in [4.78, 5) is 4.35. The van der Waals surface area contributed by atoms with Crippen LogP contribution in [0.2, 0.25) is 18.1 Å². The first-order valence-corrected chi connectivity index (χ1v) is 12.4. The first kappa shape index (κ1) is 24.3. The van der Waals surface area contributed by atoms with Crippen LogP contribution in [0.15, 0.2) is 28.8 Å². The van der Waals surface area contributed by atoms with Gasteiger partial charge in [-0.25, -0.2) is 0 Å². The molecular formula is C19H28F3N3O4Si. The first-order chi connectivity index (χ1) is 13.8. The first-order valence-electron chi connectivity index (χ1n) is 9.50. The summed E-state index contributed by atoms with van der Waals surface area (Å²) in [6, 6.07) is 4.76. The number of aliphatic hydroxyl groups excluding tert-OH is 1. The molecule has 1 atom stereocenters. The minimum atomic E-state index is -4.75. The molecular weight excluding hydrogens is 419 g/mol. The fraction of sp³-hybridized carbons (Fsp3) is 0.579. The van der Waals surface area contributed by atoms with Crippen molar-refractivity contribution < 1.29 is 32.0 Å². The molecule has 2 N–H and O–H groups in total. The van der Waals surface area contributed by atoms with Crippen molar-refractivity contribution in [2.24, 2.45) is 0 Å². The Morgan fingerprint density at radius 1 is 1.17 bits per heavy atom. The maximum Gasteiger partial charge on any atom is 0.573 e. The molecule has 7 nitrogen and oxygen atoms in total. The third-order valence-electron chi connectivity index (χ3n) is 5.01. The number of hydrogen-bond donors (Lipinski definition) is 2. The maximum atomic E-state index is 12.3. The van der Waals surface area contributed by atoms with E-state index >= 15 is 0 Å². The number of benzene rings is 1. The van der Waals surface area contributed by atoms with E-state index in [0.717, 1.165) is 0 Å². The van der Waals surface area contributed by atoms with Gasteiger partial charge in [-0.2, -0.15) is 4.98 Å². The van der Waals surface area contributed by atoms with E-state index in [-0.39, 0.29) is 35.7 Å². The Morgan fingerprint density at radius 3 is 2.33 bits per heavy atom. The monoisotopic (exact) mass is 447 g/mol. The van der Waals surface area contributed by atoms with Crippen LogP contribution in [0.5, 0.6) is 5.75 Å². The molecule has 0 fully saturated rings. The van der Waals surface area contributed by atoms with Gasteiger partial charge in [0.05, 0.1) is 13.2 Å². The zero-order chi connectivity index (χ0) is 22.6. The van der Waals surface area contributed by atoms with Gasteiger partial charge >= 0.3 is 6.36 Å². The summed E-state index contributed by atoms with van der Waals surface area (Å²) in [5, 5.41) is 16.2. The van der Waals surface area contributed by atoms with Gasteiger partial charge in [-0.3, -0.25) is 0 Å². The van der Waals surface area contributed by atoms with Crippen LogP contribution in [-0.4, -0.2) is 49.7 Å². The van der Waals surface area contributed by atoms with Gasteiger partial charge in [0.15, 0.2) is 8.32 Å². The number of alkyl halides is 3. The van der Waals surface area contributed by atoms with Crippen molar-refractivity contribution in [3.63, 3.8) is 0 Å². The summed E-state index contributed by atoms with van der Waals surface area (Å²) in [6.07, 6.45) is -4.75. The number of aromatic nitrogens is 2. The molecule has 2 rings (SSSR count). The maximum absolute atomic E-state index is 12.3. The zero-order valence-corrected chi connectivity index (χ0v) is 18.7. The minimum Gasteiger partial charge on any atom is -0.415 e. The van der Waals surface area contributed by atoms with E-state index in [1.165, 1.54) is 24.3 Å². The molecule has 0 bridgehead atoms. The second-order valence-corrected chi connectivity index (χ2v) is 13.1. The predicted octanol–water partition coefficient (Wildman–Crippen LogP) is 4.28. The van der Waals surface area contributed by atoms with Gasteiger partial charge in [0, 0.05) is 12.1 Å². The Kier molecular flexibility index (Phi) is 7.67. The zero-order valence-electron chi connectivity index (χ0n) is 17.7. The van der Waals surface area contributed by atoms with Crippen molar-refractivity contribution in [3.05, 3.63) is 30.2 Å². The average molecular weight is 448 g/mol. The van der Waals surface area contributed by atoms with Gasteiger partial charge in [-0.05, 0) is 42.4 Å². The minimum absolute atomic E-state index is 0.0226. The lowest BCUT2D eigenvalue weighted by Crippen LogP contribution is -2.43. The molecule has 1 unspecified atom stereocenters. The highest BCUT2D eigenvalue weighted by Gasteiger charge is 2.38.